The number of aromatic nitrogens is 2. The molecule has 0 unspecified atom stereocenters. The molecule has 5 aromatic carbocycles. The number of aromatic hydroxyl groups is 1. The Morgan fingerprint density at radius 1 is 0.528 bits per heavy atom. The molecule has 264 valence electrons. The number of pyridine rings is 2. The second kappa shape index (κ2) is 14.6. The Balaban J connectivity index is 1.50. The lowest BCUT2D eigenvalue weighted by molar-refractivity contribution is 0.446. The van der Waals surface area contributed by atoms with Gasteiger partial charge in [-0.2, -0.15) is 0 Å². The molecule has 4 nitrogen and oxygen atoms in total. The SMILES string of the molecule is CC(C)(C)c1cc(-c2cc(Cc3ccccc3)cc(-c3cc(-c4ccccc4)cc(N(c4ccccc4)c4ccccn4)c3)n2)c(O)c(C(C)(C)C)c1. The van der Waals surface area contributed by atoms with Gasteiger partial charge >= 0.3 is 0 Å². The first-order valence-corrected chi connectivity index (χ1v) is 18.3. The largest absolute Gasteiger partial charge is 0.507 e. The van der Waals surface area contributed by atoms with E-state index in [0.717, 1.165) is 73.9 Å². The Kier molecular flexibility index (Phi) is 9.72. The average Bonchev–Trinajstić information content (AvgIpc) is 3.15. The van der Waals surface area contributed by atoms with Crippen molar-refractivity contribution in [2.45, 2.75) is 58.8 Å². The van der Waals surface area contributed by atoms with Crippen LogP contribution in [0.2, 0.25) is 0 Å². The van der Waals surface area contributed by atoms with E-state index in [1.807, 2.05) is 42.6 Å². The van der Waals surface area contributed by atoms with Crippen LogP contribution in [0.5, 0.6) is 5.75 Å². The van der Waals surface area contributed by atoms with Crippen molar-refractivity contribution in [2.24, 2.45) is 0 Å². The summed E-state index contributed by atoms with van der Waals surface area (Å²) in [6.07, 6.45) is 2.56. The molecule has 0 aliphatic carbocycles. The van der Waals surface area contributed by atoms with Crippen LogP contribution in [0, 0.1) is 0 Å². The number of para-hydroxylation sites is 1. The van der Waals surface area contributed by atoms with Crippen LogP contribution >= 0.6 is 0 Å². The van der Waals surface area contributed by atoms with Crippen LogP contribution in [-0.2, 0) is 17.3 Å². The summed E-state index contributed by atoms with van der Waals surface area (Å²) in [4.78, 5) is 12.4. The Morgan fingerprint density at radius 2 is 1.15 bits per heavy atom. The molecule has 7 aromatic rings. The minimum Gasteiger partial charge on any atom is -0.507 e. The minimum absolute atomic E-state index is 0.127. The van der Waals surface area contributed by atoms with Gasteiger partial charge in [-0.1, -0.05) is 133 Å². The number of rotatable bonds is 8. The zero-order chi connectivity index (χ0) is 37.2. The number of hydrogen-bond acceptors (Lipinski definition) is 4. The van der Waals surface area contributed by atoms with Crippen LogP contribution in [0.3, 0.4) is 0 Å². The number of phenolic OH excluding ortho intramolecular Hbond substituents is 1. The second-order valence-electron chi connectivity index (χ2n) is 15.8. The Hall–Kier alpha value is -6.00. The summed E-state index contributed by atoms with van der Waals surface area (Å²) in [6, 6.07) is 52.7. The molecule has 53 heavy (non-hydrogen) atoms. The monoisotopic (exact) mass is 693 g/mol. The molecule has 0 spiro atoms. The van der Waals surface area contributed by atoms with Gasteiger partial charge in [-0.05, 0) is 106 Å². The zero-order valence-corrected chi connectivity index (χ0v) is 31.5. The van der Waals surface area contributed by atoms with Crippen molar-refractivity contribution >= 4 is 17.2 Å². The van der Waals surface area contributed by atoms with Crippen LogP contribution in [0.4, 0.5) is 17.2 Å². The van der Waals surface area contributed by atoms with E-state index in [1.54, 1.807) is 0 Å². The van der Waals surface area contributed by atoms with Crippen molar-refractivity contribution in [3.63, 3.8) is 0 Å². The van der Waals surface area contributed by atoms with Gasteiger partial charge in [0.05, 0.1) is 11.4 Å². The Labute approximate surface area is 314 Å². The molecule has 7 rings (SSSR count). The van der Waals surface area contributed by atoms with Crippen LogP contribution in [0.1, 0.15) is 63.8 Å². The van der Waals surface area contributed by atoms with Crippen LogP contribution in [0.25, 0.3) is 33.6 Å². The maximum atomic E-state index is 12.0. The first kappa shape index (κ1) is 35.4. The highest BCUT2D eigenvalue weighted by Crippen LogP contribution is 2.43. The summed E-state index contributed by atoms with van der Waals surface area (Å²) in [5, 5.41) is 12.0. The molecule has 2 heterocycles. The van der Waals surface area contributed by atoms with Crippen LogP contribution < -0.4 is 4.90 Å². The molecule has 0 amide bonds. The van der Waals surface area contributed by atoms with E-state index in [9.17, 15) is 5.11 Å². The summed E-state index contributed by atoms with van der Waals surface area (Å²) in [5.41, 5.74) is 11.5. The van der Waals surface area contributed by atoms with Gasteiger partial charge in [0.15, 0.2) is 0 Å². The van der Waals surface area contributed by atoms with Gasteiger partial charge in [0.2, 0.25) is 0 Å². The number of phenols is 1. The van der Waals surface area contributed by atoms with Crippen LogP contribution in [-0.4, -0.2) is 15.1 Å². The van der Waals surface area contributed by atoms with Gasteiger partial charge in [0.25, 0.3) is 0 Å². The lowest BCUT2D eigenvalue weighted by Gasteiger charge is -2.27. The number of hydrogen-bond donors (Lipinski definition) is 1. The molecule has 4 heteroatoms. The molecule has 0 atom stereocenters. The third-order valence-corrected chi connectivity index (χ3v) is 9.67. The maximum Gasteiger partial charge on any atom is 0.137 e. The molecule has 0 radical (unpaired) electrons. The standard InChI is InChI=1S/C49H47N3O/c1-48(2,3)39-32-42(47(53)43(33-39)49(4,5)6)45-28-35(26-34-18-10-7-11-19-34)27-44(51-45)38-29-37(36-20-12-8-13-21-36)30-41(31-38)52(40-22-14-9-15-23-40)46-24-16-17-25-50-46/h7-25,27-33,53H,26H2,1-6H3. The fourth-order valence-corrected chi connectivity index (χ4v) is 6.80. The van der Waals surface area contributed by atoms with Crippen molar-refractivity contribution in [3.8, 4) is 39.4 Å². The Bertz CT molecular complexity index is 2280. The first-order chi connectivity index (χ1) is 25.4. The quantitative estimate of drug-likeness (QED) is 0.172. The van der Waals surface area contributed by atoms with Gasteiger partial charge in [0.1, 0.15) is 11.6 Å². The van der Waals surface area contributed by atoms with E-state index in [1.165, 1.54) is 5.56 Å². The van der Waals surface area contributed by atoms with Gasteiger partial charge < -0.3 is 5.11 Å². The molecular formula is C49H47N3O. The molecule has 0 fully saturated rings. The average molecular weight is 694 g/mol. The minimum atomic E-state index is -0.268. The highest BCUT2D eigenvalue weighted by Gasteiger charge is 2.26. The van der Waals surface area contributed by atoms with Crippen molar-refractivity contribution in [3.05, 3.63) is 180 Å². The van der Waals surface area contributed by atoms with E-state index >= 15 is 0 Å². The van der Waals surface area contributed by atoms with E-state index in [4.69, 9.17) is 9.97 Å². The van der Waals surface area contributed by atoms with Crippen molar-refractivity contribution < 1.29 is 5.11 Å². The fraction of sp³-hybridized carbons (Fsp3) is 0.184. The topological polar surface area (TPSA) is 49.2 Å². The summed E-state index contributed by atoms with van der Waals surface area (Å²) < 4.78 is 0. The molecule has 0 saturated carbocycles. The lowest BCUT2D eigenvalue weighted by atomic mass is 9.78. The first-order valence-electron chi connectivity index (χ1n) is 18.3. The smallest absolute Gasteiger partial charge is 0.137 e. The third kappa shape index (κ3) is 7.93. The number of benzene rings is 5. The summed E-state index contributed by atoms with van der Waals surface area (Å²) in [7, 11) is 0. The molecular weight excluding hydrogens is 647 g/mol. The number of nitrogens with zero attached hydrogens (tertiary/aromatic N) is 3. The summed E-state index contributed by atoms with van der Waals surface area (Å²) in [5.74, 6) is 1.10. The third-order valence-electron chi connectivity index (χ3n) is 9.67. The Morgan fingerprint density at radius 3 is 1.79 bits per heavy atom. The van der Waals surface area contributed by atoms with Crippen molar-refractivity contribution in [2.75, 3.05) is 4.90 Å². The summed E-state index contributed by atoms with van der Waals surface area (Å²) in [6.45, 7) is 13.1. The van der Waals surface area contributed by atoms with Gasteiger partial charge in [0, 0.05) is 34.3 Å². The summed E-state index contributed by atoms with van der Waals surface area (Å²) >= 11 is 0. The maximum absolute atomic E-state index is 12.0. The van der Waals surface area contributed by atoms with Crippen molar-refractivity contribution in [1.29, 1.82) is 0 Å². The van der Waals surface area contributed by atoms with Crippen LogP contribution in [0.15, 0.2) is 158 Å². The van der Waals surface area contributed by atoms with E-state index in [-0.39, 0.29) is 16.6 Å². The predicted molar refractivity (Wildman–Crippen MR) is 221 cm³/mol. The zero-order valence-electron chi connectivity index (χ0n) is 31.5. The highest BCUT2D eigenvalue weighted by atomic mass is 16.3. The van der Waals surface area contributed by atoms with E-state index in [2.05, 4.69) is 162 Å². The lowest BCUT2D eigenvalue weighted by Crippen LogP contribution is -2.17. The normalized spacial score (nSPS) is 11.7. The molecule has 0 saturated heterocycles. The van der Waals surface area contributed by atoms with E-state index < -0.39 is 0 Å². The van der Waals surface area contributed by atoms with Crippen molar-refractivity contribution in [1.82, 2.24) is 9.97 Å². The number of anilines is 3. The molecule has 2 aromatic heterocycles. The van der Waals surface area contributed by atoms with Gasteiger partial charge in [-0.3, -0.25) is 4.90 Å². The van der Waals surface area contributed by atoms with E-state index in [0.29, 0.717) is 0 Å². The second-order valence-corrected chi connectivity index (χ2v) is 15.8. The van der Waals surface area contributed by atoms with Gasteiger partial charge in [-0.25, -0.2) is 9.97 Å². The predicted octanol–water partition coefficient (Wildman–Crippen LogP) is 12.8. The molecule has 1 N–H and O–H groups in total. The van der Waals surface area contributed by atoms with Gasteiger partial charge in [-0.15, -0.1) is 0 Å². The fourth-order valence-electron chi connectivity index (χ4n) is 6.80. The molecule has 0 aliphatic rings. The molecule has 0 bridgehead atoms. The highest BCUT2D eigenvalue weighted by molar-refractivity contribution is 5.84. The molecule has 0 aliphatic heterocycles.